The third-order valence-corrected chi connectivity index (χ3v) is 3.27. The summed E-state index contributed by atoms with van der Waals surface area (Å²) in [5.74, 6) is 1.16. The first-order valence-electron chi connectivity index (χ1n) is 7.34. The number of methoxy groups -OCH3 is 2. The van der Waals surface area contributed by atoms with Gasteiger partial charge in [0.25, 0.3) is 0 Å². The second-order valence-corrected chi connectivity index (χ2v) is 4.90. The molecule has 2 N–H and O–H groups in total. The lowest BCUT2D eigenvalue weighted by Gasteiger charge is -2.11. The number of nitrogens with one attached hydrogen (secondary N) is 2. The minimum Gasteiger partial charge on any atom is -0.493 e. The van der Waals surface area contributed by atoms with E-state index < -0.39 is 0 Å². The number of nitrogens with zero attached hydrogens (tertiary/aromatic N) is 1. The Morgan fingerprint density at radius 2 is 1.83 bits per heavy atom. The summed E-state index contributed by atoms with van der Waals surface area (Å²) in [6.45, 7) is 1.31. The predicted molar refractivity (Wildman–Crippen MR) is 88.7 cm³/mol. The van der Waals surface area contributed by atoms with E-state index in [2.05, 4.69) is 15.6 Å². The van der Waals surface area contributed by atoms with Gasteiger partial charge in [-0.3, -0.25) is 9.78 Å². The second kappa shape index (κ2) is 8.75. The zero-order chi connectivity index (χ0) is 16.5. The Balaban J connectivity index is 1.76. The van der Waals surface area contributed by atoms with E-state index in [0.29, 0.717) is 36.7 Å². The molecule has 2 rings (SSSR count). The highest BCUT2D eigenvalue weighted by Crippen LogP contribution is 2.29. The van der Waals surface area contributed by atoms with Gasteiger partial charge in [-0.25, -0.2) is 0 Å². The molecular weight excluding hydrogens is 294 g/mol. The fraction of sp³-hybridized carbons (Fsp3) is 0.294. The van der Waals surface area contributed by atoms with Crippen molar-refractivity contribution in [1.29, 1.82) is 0 Å². The van der Waals surface area contributed by atoms with Gasteiger partial charge in [0.1, 0.15) is 0 Å². The van der Waals surface area contributed by atoms with E-state index in [4.69, 9.17) is 9.47 Å². The zero-order valence-electron chi connectivity index (χ0n) is 13.3. The number of anilines is 1. The molecule has 1 aromatic carbocycles. The van der Waals surface area contributed by atoms with E-state index in [1.54, 1.807) is 44.8 Å². The first kappa shape index (κ1) is 16.8. The summed E-state index contributed by atoms with van der Waals surface area (Å²) in [5.41, 5.74) is 1.82. The Kier molecular flexibility index (Phi) is 6.38. The molecule has 0 unspecified atom stereocenters. The smallest absolute Gasteiger partial charge is 0.225 e. The molecule has 122 valence electrons. The number of pyridine rings is 1. The van der Waals surface area contributed by atoms with Crippen LogP contribution in [0.2, 0.25) is 0 Å². The summed E-state index contributed by atoms with van der Waals surface area (Å²) >= 11 is 0. The predicted octanol–water partition coefficient (Wildman–Crippen LogP) is 2.22. The second-order valence-electron chi connectivity index (χ2n) is 4.90. The number of carbonyl (C=O) groups is 1. The van der Waals surface area contributed by atoms with Crippen molar-refractivity contribution in [3.8, 4) is 11.5 Å². The van der Waals surface area contributed by atoms with Gasteiger partial charge in [0.2, 0.25) is 5.91 Å². The Morgan fingerprint density at radius 3 is 2.52 bits per heavy atom. The van der Waals surface area contributed by atoms with Crippen LogP contribution in [0.4, 0.5) is 5.69 Å². The maximum Gasteiger partial charge on any atom is 0.225 e. The molecule has 0 aliphatic heterocycles. The monoisotopic (exact) mass is 315 g/mol. The van der Waals surface area contributed by atoms with Crippen LogP contribution in [0.15, 0.2) is 42.7 Å². The molecule has 0 spiro atoms. The van der Waals surface area contributed by atoms with Crippen molar-refractivity contribution in [2.45, 2.75) is 13.0 Å². The van der Waals surface area contributed by atoms with Gasteiger partial charge >= 0.3 is 0 Å². The minimum atomic E-state index is -0.0561. The molecule has 0 aliphatic carbocycles. The average molecular weight is 315 g/mol. The SMILES string of the molecule is COc1ccc(NC(=O)CCNCc2ccncc2)cc1OC. The number of amides is 1. The molecule has 0 radical (unpaired) electrons. The number of benzene rings is 1. The molecular formula is C17H21N3O3. The first-order valence-corrected chi connectivity index (χ1v) is 7.34. The van der Waals surface area contributed by atoms with Crippen molar-refractivity contribution in [1.82, 2.24) is 10.3 Å². The summed E-state index contributed by atoms with van der Waals surface area (Å²) < 4.78 is 10.4. The summed E-state index contributed by atoms with van der Waals surface area (Å²) in [7, 11) is 3.14. The van der Waals surface area contributed by atoms with Crippen LogP contribution in [0.5, 0.6) is 11.5 Å². The van der Waals surface area contributed by atoms with Crippen LogP contribution in [-0.2, 0) is 11.3 Å². The third-order valence-electron chi connectivity index (χ3n) is 3.27. The summed E-state index contributed by atoms with van der Waals surface area (Å²) in [6.07, 6.45) is 3.89. The highest BCUT2D eigenvalue weighted by atomic mass is 16.5. The first-order chi connectivity index (χ1) is 11.2. The number of aromatic nitrogens is 1. The molecule has 0 saturated carbocycles. The van der Waals surface area contributed by atoms with Crippen molar-refractivity contribution in [2.24, 2.45) is 0 Å². The van der Waals surface area contributed by atoms with Crippen LogP contribution in [0.25, 0.3) is 0 Å². The van der Waals surface area contributed by atoms with Crippen molar-refractivity contribution in [3.05, 3.63) is 48.3 Å². The van der Waals surface area contributed by atoms with E-state index in [-0.39, 0.29) is 5.91 Å². The summed E-state index contributed by atoms with van der Waals surface area (Å²) in [6, 6.07) is 9.16. The van der Waals surface area contributed by atoms with E-state index in [0.717, 1.165) is 5.56 Å². The molecule has 0 fully saturated rings. The average Bonchev–Trinajstić information content (AvgIpc) is 2.59. The van der Waals surface area contributed by atoms with E-state index in [9.17, 15) is 4.79 Å². The van der Waals surface area contributed by atoms with E-state index in [1.807, 2.05) is 12.1 Å². The molecule has 0 aliphatic rings. The van der Waals surface area contributed by atoms with Gasteiger partial charge in [0.15, 0.2) is 11.5 Å². The highest BCUT2D eigenvalue weighted by molar-refractivity contribution is 5.91. The van der Waals surface area contributed by atoms with Gasteiger partial charge in [-0.15, -0.1) is 0 Å². The fourth-order valence-electron chi connectivity index (χ4n) is 2.07. The molecule has 0 atom stereocenters. The van der Waals surface area contributed by atoms with Crippen LogP contribution < -0.4 is 20.1 Å². The Hall–Kier alpha value is -2.60. The van der Waals surface area contributed by atoms with Gasteiger partial charge in [0.05, 0.1) is 14.2 Å². The summed E-state index contributed by atoms with van der Waals surface area (Å²) in [5, 5.41) is 6.07. The molecule has 1 aromatic heterocycles. The minimum absolute atomic E-state index is 0.0561. The lowest BCUT2D eigenvalue weighted by Crippen LogP contribution is -2.21. The third kappa shape index (κ3) is 5.27. The number of rotatable bonds is 8. The number of ether oxygens (including phenoxy) is 2. The Morgan fingerprint density at radius 1 is 1.09 bits per heavy atom. The number of hydrogen-bond donors (Lipinski definition) is 2. The van der Waals surface area contributed by atoms with Crippen molar-refractivity contribution in [3.63, 3.8) is 0 Å². The molecule has 6 heteroatoms. The van der Waals surface area contributed by atoms with Gasteiger partial charge in [0, 0.05) is 43.7 Å². The van der Waals surface area contributed by atoms with Crippen LogP contribution in [0.3, 0.4) is 0 Å². The zero-order valence-corrected chi connectivity index (χ0v) is 13.3. The van der Waals surface area contributed by atoms with Crippen LogP contribution in [0, 0.1) is 0 Å². The van der Waals surface area contributed by atoms with Crippen molar-refractivity contribution >= 4 is 11.6 Å². The van der Waals surface area contributed by atoms with Crippen molar-refractivity contribution in [2.75, 3.05) is 26.1 Å². The highest BCUT2D eigenvalue weighted by Gasteiger charge is 2.07. The van der Waals surface area contributed by atoms with Gasteiger partial charge < -0.3 is 20.1 Å². The maximum absolute atomic E-state index is 11.9. The molecule has 0 bridgehead atoms. The summed E-state index contributed by atoms with van der Waals surface area (Å²) in [4.78, 5) is 15.9. The molecule has 2 aromatic rings. The molecule has 6 nitrogen and oxygen atoms in total. The van der Waals surface area contributed by atoms with Crippen LogP contribution >= 0.6 is 0 Å². The Labute approximate surface area is 135 Å². The molecule has 1 amide bonds. The fourth-order valence-corrected chi connectivity index (χ4v) is 2.07. The number of hydrogen-bond acceptors (Lipinski definition) is 5. The van der Waals surface area contributed by atoms with Gasteiger partial charge in [-0.05, 0) is 29.8 Å². The van der Waals surface area contributed by atoms with Crippen LogP contribution in [0.1, 0.15) is 12.0 Å². The van der Waals surface area contributed by atoms with E-state index in [1.165, 1.54) is 0 Å². The molecule has 23 heavy (non-hydrogen) atoms. The van der Waals surface area contributed by atoms with E-state index >= 15 is 0 Å². The number of carbonyl (C=O) groups excluding carboxylic acids is 1. The topological polar surface area (TPSA) is 72.5 Å². The van der Waals surface area contributed by atoms with Crippen LogP contribution in [-0.4, -0.2) is 31.7 Å². The lowest BCUT2D eigenvalue weighted by molar-refractivity contribution is -0.116. The molecule has 1 heterocycles. The van der Waals surface area contributed by atoms with Gasteiger partial charge in [-0.1, -0.05) is 0 Å². The van der Waals surface area contributed by atoms with Crippen molar-refractivity contribution < 1.29 is 14.3 Å². The standard InChI is InChI=1S/C17H21N3O3/c1-22-15-4-3-14(11-16(15)23-2)20-17(21)7-10-19-12-13-5-8-18-9-6-13/h3-6,8-9,11,19H,7,10,12H2,1-2H3,(H,20,21). The lowest BCUT2D eigenvalue weighted by atomic mass is 10.2. The van der Waals surface area contributed by atoms with Gasteiger partial charge in [-0.2, -0.15) is 0 Å². The normalized spacial score (nSPS) is 10.2. The Bertz CT molecular complexity index is 632. The maximum atomic E-state index is 11.9. The largest absolute Gasteiger partial charge is 0.493 e. The molecule has 0 saturated heterocycles. The quantitative estimate of drug-likeness (QED) is 0.731.